The molecule has 0 aliphatic heterocycles. The number of aryl methyl sites for hydroxylation is 1. The molecule has 0 radical (unpaired) electrons. The first-order valence-corrected chi connectivity index (χ1v) is 7.83. The fourth-order valence-corrected chi connectivity index (χ4v) is 2.83. The number of hydrogen-bond acceptors (Lipinski definition) is 5. The Balaban J connectivity index is 3.06. The van der Waals surface area contributed by atoms with Crippen LogP contribution in [0.4, 0.5) is 0 Å². The Morgan fingerprint density at radius 2 is 1.90 bits per heavy atom. The highest BCUT2D eigenvalue weighted by molar-refractivity contribution is 7.48. The van der Waals surface area contributed by atoms with Gasteiger partial charge in [-0.2, -0.15) is 0 Å². The number of aromatic nitrogens is 1. The van der Waals surface area contributed by atoms with Crippen LogP contribution in [0.15, 0.2) is 29.6 Å². The molecule has 0 bridgehead atoms. The van der Waals surface area contributed by atoms with E-state index in [1.165, 1.54) is 10.6 Å². The summed E-state index contributed by atoms with van der Waals surface area (Å²) in [5, 5.41) is 0. The summed E-state index contributed by atoms with van der Waals surface area (Å²) in [5.41, 5.74) is 0.409. The van der Waals surface area contributed by atoms with Gasteiger partial charge in [-0.25, -0.2) is 4.57 Å². The molecule has 0 aromatic carbocycles. The summed E-state index contributed by atoms with van der Waals surface area (Å²) in [5.74, 6) is 0.165. The number of pyridine rings is 1. The zero-order chi connectivity index (χ0) is 15.2. The van der Waals surface area contributed by atoms with Crippen LogP contribution in [-0.2, 0) is 20.2 Å². The first-order chi connectivity index (χ1) is 9.45. The zero-order valence-electron chi connectivity index (χ0n) is 12.0. The van der Waals surface area contributed by atoms with Crippen molar-refractivity contribution < 1.29 is 18.1 Å². The molecule has 0 amide bonds. The van der Waals surface area contributed by atoms with Crippen molar-refractivity contribution in [2.45, 2.75) is 27.3 Å². The molecule has 6 nitrogen and oxygen atoms in total. The number of phosphoric acid groups is 1. The first-order valence-electron chi connectivity index (χ1n) is 6.36. The Morgan fingerprint density at radius 1 is 1.30 bits per heavy atom. The molecule has 0 N–H and O–H groups in total. The highest BCUT2D eigenvalue weighted by Crippen LogP contribution is 2.49. The van der Waals surface area contributed by atoms with Crippen LogP contribution in [0.2, 0.25) is 0 Å². The predicted molar refractivity (Wildman–Crippen MR) is 77.1 cm³/mol. The maximum Gasteiger partial charge on any atom is 0.530 e. The van der Waals surface area contributed by atoms with Crippen LogP contribution >= 0.6 is 7.82 Å². The van der Waals surface area contributed by atoms with Crippen molar-refractivity contribution in [1.29, 1.82) is 0 Å². The van der Waals surface area contributed by atoms with Gasteiger partial charge in [0.1, 0.15) is 5.75 Å². The van der Waals surface area contributed by atoms with Gasteiger partial charge in [0.25, 0.3) is 5.56 Å². The van der Waals surface area contributed by atoms with Gasteiger partial charge < -0.3 is 9.09 Å². The summed E-state index contributed by atoms with van der Waals surface area (Å²) in [6.45, 7) is 9.48. The smallest absolute Gasteiger partial charge is 0.404 e. The van der Waals surface area contributed by atoms with Crippen molar-refractivity contribution in [3.05, 3.63) is 40.8 Å². The summed E-state index contributed by atoms with van der Waals surface area (Å²) in [6, 6.07) is 2.86. The predicted octanol–water partition coefficient (Wildman–Crippen LogP) is 2.90. The SMILES string of the molecule is C=CCn1c(C)cc(OP(=O)(OCC)OCC)cc1=O. The lowest BCUT2D eigenvalue weighted by Gasteiger charge is -2.18. The highest BCUT2D eigenvalue weighted by atomic mass is 31.2. The Morgan fingerprint density at radius 3 is 2.35 bits per heavy atom. The average Bonchev–Trinajstić information content (AvgIpc) is 2.34. The molecule has 0 spiro atoms. The number of rotatable bonds is 8. The van der Waals surface area contributed by atoms with E-state index in [-0.39, 0.29) is 24.5 Å². The Bertz CT molecular complexity index is 556. The molecule has 0 aliphatic carbocycles. The molecule has 7 heteroatoms. The Kier molecular flexibility index (Phi) is 6.20. The first kappa shape index (κ1) is 16.7. The van der Waals surface area contributed by atoms with Crippen LogP contribution in [0.3, 0.4) is 0 Å². The molecule has 0 aliphatic rings. The molecule has 112 valence electrons. The van der Waals surface area contributed by atoms with Crippen LogP contribution in [0.25, 0.3) is 0 Å². The molecule has 0 atom stereocenters. The third kappa shape index (κ3) is 4.34. The summed E-state index contributed by atoms with van der Waals surface area (Å²) in [7, 11) is -3.68. The molecule has 0 unspecified atom stereocenters. The van der Waals surface area contributed by atoms with Crippen LogP contribution < -0.4 is 10.1 Å². The van der Waals surface area contributed by atoms with Crippen molar-refractivity contribution in [3.63, 3.8) is 0 Å². The second-order valence-electron chi connectivity index (χ2n) is 3.94. The van der Waals surface area contributed by atoms with E-state index in [0.717, 1.165) is 0 Å². The topological polar surface area (TPSA) is 66.8 Å². The summed E-state index contributed by atoms with van der Waals surface area (Å²) >= 11 is 0. The molecule has 1 aromatic rings. The normalized spacial score (nSPS) is 11.3. The van der Waals surface area contributed by atoms with Crippen molar-refractivity contribution in [2.24, 2.45) is 0 Å². The molecular weight excluding hydrogens is 281 g/mol. The van der Waals surface area contributed by atoms with E-state index >= 15 is 0 Å². The van der Waals surface area contributed by atoms with Crippen LogP contribution in [-0.4, -0.2) is 17.8 Å². The number of nitrogens with zero attached hydrogens (tertiary/aromatic N) is 1. The summed E-state index contributed by atoms with van der Waals surface area (Å²) in [6.07, 6.45) is 1.63. The van der Waals surface area contributed by atoms with E-state index in [2.05, 4.69) is 6.58 Å². The second-order valence-corrected chi connectivity index (χ2v) is 5.54. The molecule has 1 rings (SSSR count). The molecule has 0 fully saturated rings. The maximum atomic E-state index is 12.2. The van der Waals surface area contributed by atoms with E-state index in [0.29, 0.717) is 12.2 Å². The minimum Gasteiger partial charge on any atom is -0.404 e. The van der Waals surface area contributed by atoms with Crippen molar-refractivity contribution >= 4 is 7.82 Å². The van der Waals surface area contributed by atoms with Crippen LogP contribution in [0, 0.1) is 6.92 Å². The van der Waals surface area contributed by atoms with Gasteiger partial charge in [-0.1, -0.05) is 6.08 Å². The molecule has 1 aromatic heterocycles. The Labute approximate surface area is 118 Å². The van der Waals surface area contributed by atoms with Crippen molar-refractivity contribution in [2.75, 3.05) is 13.2 Å². The zero-order valence-corrected chi connectivity index (χ0v) is 12.9. The lowest BCUT2D eigenvalue weighted by molar-refractivity contribution is 0.167. The van der Waals surface area contributed by atoms with E-state index in [1.807, 2.05) is 0 Å². The molecule has 0 saturated heterocycles. The number of hydrogen-bond donors (Lipinski definition) is 0. The van der Waals surface area contributed by atoms with Gasteiger partial charge in [-0.3, -0.25) is 13.8 Å². The summed E-state index contributed by atoms with van der Waals surface area (Å²) in [4.78, 5) is 11.9. The largest absolute Gasteiger partial charge is 0.530 e. The minimum absolute atomic E-state index is 0.165. The van der Waals surface area contributed by atoms with E-state index in [4.69, 9.17) is 13.6 Å². The van der Waals surface area contributed by atoms with Crippen LogP contribution in [0.5, 0.6) is 5.75 Å². The number of phosphoric ester groups is 1. The average molecular weight is 301 g/mol. The fourth-order valence-electron chi connectivity index (χ4n) is 1.65. The standard InChI is InChI=1S/C13H20NO5P/c1-5-8-14-11(4)9-12(10-13(14)15)19-20(16,17-6-2)18-7-3/h5,9-10H,1,6-8H2,2-4H3. The van der Waals surface area contributed by atoms with Gasteiger partial charge in [0.05, 0.1) is 13.2 Å². The second kappa shape index (κ2) is 7.43. The molecule has 0 saturated carbocycles. The lowest BCUT2D eigenvalue weighted by atomic mass is 10.3. The number of allylic oxidation sites excluding steroid dienone is 1. The van der Waals surface area contributed by atoms with E-state index in [9.17, 15) is 9.36 Å². The van der Waals surface area contributed by atoms with Crippen molar-refractivity contribution in [3.8, 4) is 5.75 Å². The monoisotopic (exact) mass is 301 g/mol. The van der Waals surface area contributed by atoms with Gasteiger partial charge >= 0.3 is 7.82 Å². The molecular formula is C13H20NO5P. The highest BCUT2D eigenvalue weighted by Gasteiger charge is 2.27. The third-order valence-electron chi connectivity index (χ3n) is 2.41. The van der Waals surface area contributed by atoms with Gasteiger partial charge in [-0.15, -0.1) is 6.58 Å². The Hall–Kier alpha value is -1.36. The minimum atomic E-state index is -3.68. The van der Waals surface area contributed by atoms with E-state index < -0.39 is 7.82 Å². The van der Waals surface area contributed by atoms with Gasteiger partial charge in [-0.05, 0) is 20.8 Å². The van der Waals surface area contributed by atoms with E-state index in [1.54, 1.807) is 32.9 Å². The van der Waals surface area contributed by atoms with Gasteiger partial charge in [0.2, 0.25) is 0 Å². The third-order valence-corrected chi connectivity index (χ3v) is 4.00. The van der Waals surface area contributed by atoms with Crippen LogP contribution in [0.1, 0.15) is 19.5 Å². The molecule has 20 heavy (non-hydrogen) atoms. The molecule has 1 heterocycles. The summed E-state index contributed by atoms with van der Waals surface area (Å²) < 4.78 is 29.0. The fraction of sp³-hybridized carbons (Fsp3) is 0.462. The quantitative estimate of drug-likeness (QED) is 0.545. The lowest BCUT2D eigenvalue weighted by Crippen LogP contribution is -2.21. The van der Waals surface area contributed by atoms with Crippen molar-refractivity contribution in [1.82, 2.24) is 4.57 Å². The van der Waals surface area contributed by atoms with Gasteiger partial charge in [0, 0.05) is 24.4 Å². The van der Waals surface area contributed by atoms with Gasteiger partial charge in [0.15, 0.2) is 0 Å². The maximum absolute atomic E-state index is 12.2.